The lowest BCUT2D eigenvalue weighted by Gasteiger charge is -2.50. The van der Waals surface area contributed by atoms with Gasteiger partial charge in [-0.1, -0.05) is 42.3 Å². The number of amides is 1. The Labute approximate surface area is 259 Å². The predicted octanol–water partition coefficient (Wildman–Crippen LogP) is 7.76. The first-order valence-electron chi connectivity index (χ1n) is 14.9. The molecule has 2 saturated carbocycles. The molecule has 2 fully saturated rings. The second-order valence-electron chi connectivity index (χ2n) is 12.5. The van der Waals surface area contributed by atoms with Gasteiger partial charge < -0.3 is 9.47 Å². The topological polar surface area (TPSA) is 90.9 Å². The number of methoxy groups -OCH3 is 1. The highest BCUT2D eigenvalue weighted by atomic mass is 35.5. The Balaban J connectivity index is 1.26. The SMILES string of the molecule is COc1ccc2c(c1)CC[C@@H]1[C@@H]2CC[C@@]2(C)[C@H]1C[C@H](COS(=O)(=O)c1ccc(C)cc1)[C@@H]2OC(=O)Nc1ccc(Cl)cc1. The summed E-state index contributed by atoms with van der Waals surface area (Å²) >= 11 is 6.01. The van der Waals surface area contributed by atoms with Gasteiger partial charge in [0.05, 0.1) is 18.6 Å². The first-order chi connectivity index (χ1) is 20.6. The second kappa shape index (κ2) is 11.8. The zero-order chi connectivity index (χ0) is 30.4. The Morgan fingerprint density at radius 1 is 1.05 bits per heavy atom. The Morgan fingerprint density at radius 2 is 1.79 bits per heavy atom. The smallest absolute Gasteiger partial charge is 0.411 e. The van der Waals surface area contributed by atoms with Gasteiger partial charge in [-0.3, -0.25) is 9.50 Å². The summed E-state index contributed by atoms with van der Waals surface area (Å²) in [5, 5.41) is 3.39. The average molecular weight is 624 g/mol. The van der Waals surface area contributed by atoms with Gasteiger partial charge in [-0.25, -0.2) is 4.79 Å². The van der Waals surface area contributed by atoms with Crippen LogP contribution in [-0.2, 0) is 25.5 Å². The van der Waals surface area contributed by atoms with E-state index < -0.39 is 22.3 Å². The summed E-state index contributed by atoms with van der Waals surface area (Å²) in [5.41, 5.74) is 3.96. The lowest BCUT2D eigenvalue weighted by molar-refractivity contribution is -0.0414. The monoisotopic (exact) mass is 623 g/mol. The molecule has 3 aliphatic carbocycles. The molecule has 0 heterocycles. The highest BCUT2D eigenvalue weighted by Gasteiger charge is 2.60. The molecule has 0 aliphatic heterocycles. The molecule has 0 spiro atoms. The summed E-state index contributed by atoms with van der Waals surface area (Å²) in [5.74, 6) is 1.68. The van der Waals surface area contributed by atoms with E-state index in [1.165, 1.54) is 11.1 Å². The maximum atomic E-state index is 13.2. The molecule has 228 valence electrons. The summed E-state index contributed by atoms with van der Waals surface area (Å²) in [6.07, 6.45) is 3.50. The van der Waals surface area contributed by atoms with Gasteiger partial charge in [-0.15, -0.1) is 0 Å². The molecule has 7 nitrogen and oxygen atoms in total. The Morgan fingerprint density at radius 3 is 2.51 bits per heavy atom. The van der Waals surface area contributed by atoms with E-state index in [0.717, 1.165) is 43.4 Å². The zero-order valence-corrected chi connectivity index (χ0v) is 26.3. The van der Waals surface area contributed by atoms with Crippen molar-refractivity contribution in [2.24, 2.45) is 23.2 Å². The van der Waals surface area contributed by atoms with Gasteiger partial charge >= 0.3 is 6.09 Å². The van der Waals surface area contributed by atoms with Crippen LogP contribution in [0.5, 0.6) is 5.75 Å². The Kier molecular flexibility index (Phi) is 8.22. The van der Waals surface area contributed by atoms with Gasteiger partial charge in [-0.2, -0.15) is 8.42 Å². The largest absolute Gasteiger partial charge is 0.497 e. The minimum Gasteiger partial charge on any atom is -0.497 e. The molecule has 0 unspecified atom stereocenters. The number of carbonyl (C=O) groups excluding carboxylic acids is 1. The molecule has 9 heteroatoms. The van der Waals surface area contributed by atoms with Crippen molar-refractivity contribution in [1.29, 1.82) is 0 Å². The lowest BCUT2D eigenvalue weighted by Crippen LogP contribution is -2.46. The molecule has 43 heavy (non-hydrogen) atoms. The van der Waals surface area contributed by atoms with Crippen molar-refractivity contribution in [2.45, 2.75) is 62.9 Å². The molecular weight excluding hydrogens is 586 g/mol. The van der Waals surface area contributed by atoms with Crippen molar-refractivity contribution in [2.75, 3.05) is 19.0 Å². The number of ether oxygens (including phenoxy) is 2. The predicted molar refractivity (Wildman–Crippen MR) is 166 cm³/mol. The molecule has 1 N–H and O–H groups in total. The van der Waals surface area contributed by atoms with Gasteiger partial charge in [0, 0.05) is 22.0 Å². The molecule has 3 aromatic carbocycles. The molecule has 0 radical (unpaired) electrons. The van der Waals surface area contributed by atoms with Crippen LogP contribution in [0.25, 0.3) is 0 Å². The molecule has 3 aliphatic rings. The number of aryl methyl sites for hydroxylation is 2. The number of anilines is 1. The van der Waals surface area contributed by atoms with Crippen LogP contribution >= 0.6 is 11.6 Å². The Hall–Kier alpha value is -3.07. The average Bonchev–Trinajstić information content (AvgIpc) is 3.28. The van der Waals surface area contributed by atoms with Crippen LogP contribution in [0.4, 0.5) is 10.5 Å². The molecule has 3 aromatic rings. The van der Waals surface area contributed by atoms with Crippen molar-refractivity contribution in [1.82, 2.24) is 0 Å². The molecule has 1 amide bonds. The number of nitrogens with one attached hydrogen (secondary N) is 1. The van der Waals surface area contributed by atoms with E-state index in [1.807, 2.05) is 13.0 Å². The normalized spacial score (nSPS) is 27.9. The number of hydrogen-bond acceptors (Lipinski definition) is 6. The number of carbonyl (C=O) groups is 1. The lowest BCUT2D eigenvalue weighted by atomic mass is 9.55. The number of rotatable bonds is 7. The molecule has 6 rings (SSSR count). The minimum atomic E-state index is -3.97. The van der Waals surface area contributed by atoms with Crippen molar-refractivity contribution >= 4 is 33.5 Å². The number of fused-ring (bicyclic) bond motifs is 5. The van der Waals surface area contributed by atoms with Crippen molar-refractivity contribution in [3.63, 3.8) is 0 Å². The van der Waals surface area contributed by atoms with Crippen LogP contribution in [0.2, 0.25) is 5.02 Å². The van der Waals surface area contributed by atoms with Gasteiger partial charge in [0.2, 0.25) is 0 Å². The molecule has 6 atom stereocenters. The van der Waals surface area contributed by atoms with Crippen molar-refractivity contribution in [3.8, 4) is 5.75 Å². The summed E-state index contributed by atoms with van der Waals surface area (Å²) in [6.45, 7) is 4.07. The quantitative estimate of drug-likeness (QED) is 0.271. The summed E-state index contributed by atoms with van der Waals surface area (Å²) < 4.78 is 43.7. The summed E-state index contributed by atoms with van der Waals surface area (Å²) in [6, 6.07) is 19.9. The maximum Gasteiger partial charge on any atom is 0.411 e. The van der Waals surface area contributed by atoms with Gasteiger partial charge in [0.1, 0.15) is 11.9 Å². The first kappa shape index (κ1) is 30.0. The molecule has 0 bridgehead atoms. The van der Waals surface area contributed by atoms with E-state index in [0.29, 0.717) is 22.5 Å². The van der Waals surface area contributed by atoms with Crippen LogP contribution in [0, 0.1) is 30.1 Å². The van der Waals surface area contributed by atoms with Crippen molar-refractivity contribution in [3.05, 3.63) is 88.4 Å². The fourth-order valence-corrected chi connectivity index (χ4v) is 9.04. The van der Waals surface area contributed by atoms with E-state index in [2.05, 4.69) is 24.4 Å². The Bertz CT molecular complexity index is 1590. The van der Waals surface area contributed by atoms with Crippen LogP contribution in [-0.4, -0.2) is 34.3 Å². The fourth-order valence-electron chi connectivity index (χ4n) is 7.95. The number of benzene rings is 3. The zero-order valence-electron chi connectivity index (χ0n) is 24.7. The molecule has 0 aromatic heterocycles. The fraction of sp³-hybridized carbons (Fsp3) is 0.441. The van der Waals surface area contributed by atoms with Crippen molar-refractivity contribution < 1.29 is 26.9 Å². The van der Waals surface area contributed by atoms with Gasteiger partial charge in [0.25, 0.3) is 10.1 Å². The van der Waals surface area contributed by atoms with Crippen LogP contribution in [0.1, 0.15) is 55.2 Å². The summed E-state index contributed by atoms with van der Waals surface area (Å²) in [7, 11) is -2.28. The van der Waals surface area contributed by atoms with Crippen LogP contribution in [0.3, 0.4) is 0 Å². The van der Waals surface area contributed by atoms with E-state index in [4.69, 9.17) is 25.3 Å². The summed E-state index contributed by atoms with van der Waals surface area (Å²) in [4.78, 5) is 13.4. The number of hydrogen-bond donors (Lipinski definition) is 1. The molecular formula is C34H38ClNO6S. The third-order valence-electron chi connectivity index (χ3n) is 10.1. The highest BCUT2D eigenvalue weighted by molar-refractivity contribution is 7.86. The molecule has 0 saturated heterocycles. The maximum absolute atomic E-state index is 13.2. The van der Waals surface area contributed by atoms with E-state index in [-0.39, 0.29) is 28.8 Å². The third-order valence-corrected chi connectivity index (χ3v) is 11.6. The van der Waals surface area contributed by atoms with Gasteiger partial charge in [-0.05, 0) is 116 Å². The standard InChI is InChI=1S/C34H38ClNO6S/c1-21-4-12-27(13-5-21)43(38,39)41-20-23-19-31-30-14-6-22-18-26(40-3)11-15-28(22)29(30)16-17-34(31,2)32(23)42-33(37)36-25-9-7-24(35)8-10-25/h4-5,7-13,15,18,23,29-32H,6,14,16-17,19-20H2,1-3H3,(H,36,37)/t23-,29-,30-,31+,32+,34+/m1/s1. The van der Waals surface area contributed by atoms with Gasteiger partial charge in [0.15, 0.2) is 0 Å². The minimum absolute atomic E-state index is 0.0492. The third kappa shape index (κ3) is 5.89. The van der Waals surface area contributed by atoms with E-state index in [9.17, 15) is 13.2 Å². The van der Waals surface area contributed by atoms with Crippen LogP contribution in [0.15, 0.2) is 71.6 Å². The first-order valence-corrected chi connectivity index (χ1v) is 16.7. The van der Waals surface area contributed by atoms with E-state index in [1.54, 1.807) is 55.6 Å². The number of halogens is 1. The highest BCUT2D eigenvalue weighted by Crippen LogP contribution is 2.63. The second-order valence-corrected chi connectivity index (χ2v) is 14.6. The van der Waals surface area contributed by atoms with Crippen LogP contribution < -0.4 is 10.1 Å². The van der Waals surface area contributed by atoms with E-state index >= 15 is 0 Å².